The number of aliphatic imine (C=N–C) groups is 3. The van der Waals surface area contributed by atoms with Gasteiger partial charge in [-0.15, -0.1) is 0 Å². The number of benzene rings is 1. The van der Waals surface area contributed by atoms with Crippen LogP contribution in [0.25, 0.3) is 0 Å². The van der Waals surface area contributed by atoms with Gasteiger partial charge in [-0.05, 0) is 51.0 Å². The van der Waals surface area contributed by atoms with Crippen LogP contribution in [0.3, 0.4) is 0 Å². The number of hydrogen-bond donors (Lipinski definition) is 0. The van der Waals surface area contributed by atoms with Crippen molar-refractivity contribution in [2.75, 3.05) is 18.0 Å². The van der Waals surface area contributed by atoms with Crippen LogP contribution in [0.15, 0.2) is 39.2 Å². The molecule has 7 heteroatoms. The lowest BCUT2D eigenvalue weighted by Crippen LogP contribution is -2.23. The van der Waals surface area contributed by atoms with Crippen molar-refractivity contribution >= 4 is 42.6 Å². The van der Waals surface area contributed by atoms with E-state index in [0.717, 1.165) is 18.7 Å². The maximum Gasteiger partial charge on any atom is 0.334 e. The summed E-state index contributed by atoms with van der Waals surface area (Å²) in [6.07, 6.45) is 1.46. The van der Waals surface area contributed by atoms with Gasteiger partial charge >= 0.3 is 5.97 Å². The van der Waals surface area contributed by atoms with Gasteiger partial charge in [0, 0.05) is 18.7 Å². The standard InChI is InChI=1S/C17H20N4O3.C2H6/c1-12(19-3)17(24-16(23)11-18-2)20-13-6-8-14(9-7-13)21-10-4-5-15(21)22;1-2/h6-9,12H,2-5,10-11H2,1H3;1-2H3. The van der Waals surface area contributed by atoms with Gasteiger partial charge in [-0.25, -0.2) is 9.79 Å². The van der Waals surface area contributed by atoms with Gasteiger partial charge in [0.1, 0.15) is 12.6 Å². The Morgan fingerprint density at radius 2 is 1.92 bits per heavy atom. The van der Waals surface area contributed by atoms with E-state index in [1.165, 1.54) is 0 Å². The molecule has 0 N–H and O–H groups in total. The smallest absolute Gasteiger partial charge is 0.334 e. The second kappa shape index (κ2) is 10.9. The Kier molecular flexibility index (Phi) is 8.91. The summed E-state index contributed by atoms with van der Waals surface area (Å²) in [5.74, 6) is -0.288. The zero-order valence-corrected chi connectivity index (χ0v) is 15.6. The van der Waals surface area contributed by atoms with E-state index in [1.54, 1.807) is 24.0 Å². The van der Waals surface area contributed by atoms with E-state index >= 15 is 0 Å². The van der Waals surface area contributed by atoms with Crippen LogP contribution in [0.4, 0.5) is 11.4 Å². The molecule has 140 valence electrons. The van der Waals surface area contributed by atoms with Gasteiger partial charge in [-0.1, -0.05) is 13.8 Å². The molecule has 1 aliphatic heterocycles. The molecule has 1 atom stereocenters. The SMILES string of the molecule is C=NCC(=O)OC(=Nc1ccc(N2CCCC2=O)cc1)C(C)N=C.CC. The van der Waals surface area contributed by atoms with E-state index in [1.807, 2.05) is 26.0 Å². The third-order valence-corrected chi connectivity index (χ3v) is 3.56. The number of ether oxygens (including phenoxy) is 1. The highest BCUT2D eigenvalue weighted by Crippen LogP contribution is 2.24. The molecule has 0 radical (unpaired) electrons. The summed E-state index contributed by atoms with van der Waals surface area (Å²) in [5.41, 5.74) is 1.43. The highest BCUT2D eigenvalue weighted by atomic mass is 16.5. The fraction of sp³-hybridized carbons (Fsp3) is 0.421. The van der Waals surface area contributed by atoms with Crippen molar-refractivity contribution in [2.45, 2.75) is 39.7 Å². The minimum atomic E-state index is -0.557. The van der Waals surface area contributed by atoms with E-state index in [0.29, 0.717) is 12.1 Å². The zero-order chi connectivity index (χ0) is 19.5. The van der Waals surface area contributed by atoms with Crippen molar-refractivity contribution in [3.05, 3.63) is 24.3 Å². The molecule has 0 saturated carbocycles. The first-order chi connectivity index (χ1) is 12.5. The topological polar surface area (TPSA) is 83.7 Å². The molecular weight excluding hydrogens is 332 g/mol. The summed E-state index contributed by atoms with van der Waals surface area (Å²) in [6.45, 7) is 13.0. The van der Waals surface area contributed by atoms with Gasteiger partial charge in [0.2, 0.25) is 11.8 Å². The molecule has 1 amide bonds. The highest BCUT2D eigenvalue weighted by molar-refractivity contribution is 5.96. The number of carbonyl (C=O) groups excluding carboxylic acids is 2. The number of esters is 1. The predicted molar refractivity (Wildman–Crippen MR) is 106 cm³/mol. The zero-order valence-electron chi connectivity index (χ0n) is 15.6. The summed E-state index contributed by atoms with van der Waals surface area (Å²) in [4.78, 5) is 36.7. The van der Waals surface area contributed by atoms with Crippen molar-refractivity contribution < 1.29 is 14.3 Å². The lowest BCUT2D eigenvalue weighted by atomic mass is 10.2. The van der Waals surface area contributed by atoms with Crippen molar-refractivity contribution in [1.29, 1.82) is 0 Å². The largest absolute Gasteiger partial charge is 0.408 e. The van der Waals surface area contributed by atoms with Crippen LogP contribution >= 0.6 is 0 Å². The average Bonchev–Trinajstić information content (AvgIpc) is 3.09. The summed E-state index contributed by atoms with van der Waals surface area (Å²) in [5, 5.41) is 0. The molecule has 2 rings (SSSR count). The van der Waals surface area contributed by atoms with Crippen molar-refractivity contribution in [3.63, 3.8) is 0 Å². The number of nitrogens with zero attached hydrogens (tertiary/aromatic N) is 4. The third-order valence-electron chi connectivity index (χ3n) is 3.56. The Balaban J connectivity index is 0.00000163. The summed E-state index contributed by atoms with van der Waals surface area (Å²) >= 11 is 0. The van der Waals surface area contributed by atoms with Gasteiger partial charge in [-0.3, -0.25) is 14.8 Å². The molecule has 1 aliphatic rings. The molecule has 0 spiro atoms. The monoisotopic (exact) mass is 358 g/mol. The van der Waals surface area contributed by atoms with Gasteiger partial charge in [0.15, 0.2) is 0 Å². The Morgan fingerprint density at radius 1 is 1.27 bits per heavy atom. The van der Waals surface area contributed by atoms with Crippen LogP contribution in [0, 0.1) is 0 Å². The van der Waals surface area contributed by atoms with E-state index in [2.05, 4.69) is 28.4 Å². The lowest BCUT2D eigenvalue weighted by Gasteiger charge is -2.15. The molecule has 1 aromatic carbocycles. The lowest BCUT2D eigenvalue weighted by molar-refractivity contribution is -0.134. The van der Waals surface area contributed by atoms with Crippen LogP contribution in [0.1, 0.15) is 33.6 Å². The number of carbonyl (C=O) groups is 2. The van der Waals surface area contributed by atoms with Gasteiger partial charge in [-0.2, -0.15) is 0 Å². The Morgan fingerprint density at radius 3 is 2.42 bits per heavy atom. The number of rotatable bonds is 6. The quantitative estimate of drug-likeness (QED) is 0.445. The van der Waals surface area contributed by atoms with Crippen molar-refractivity contribution in [1.82, 2.24) is 0 Å². The number of hydrogen-bond acceptors (Lipinski definition) is 6. The molecule has 1 heterocycles. The predicted octanol–water partition coefficient (Wildman–Crippen LogP) is 3.20. The first-order valence-electron chi connectivity index (χ1n) is 8.63. The van der Waals surface area contributed by atoms with E-state index in [9.17, 15) is 9.59 Å². The van der Waals surface area contributed by atoms with Crippen molar-refractivity contribution in [3.8, 4) is 0 Å². The van der Waals surface area contributed by atoms with Crippen LogP contribution in [0.5, 0.6) is 0 Å². The minimum absolute atomic E-state index is 0.127. The molecule has 26 heavy (non-hydrogen) atoms. The Labute approximate surface area is 154 Å². The maximum absolute atomic E-state index is 11.8. The van der Waals surface area contributed by atoms with E-state index in [4.69, 9.17) is 4.74 Å². The third kappa shape index (κ3) is 5.91. The van der Waals surface area contributed by atoms with Crippen molar-refractivity contribution in [2.24, 2.45) is 15.0 Å². The molecule has 0 aliphatic carbocycles. The minimum Gasteiger partial charge on any atom is -0.408 e. The summed E-state index contributed by atoms with van der Waals surface area (Å²) < 4.78 is 5.17. The van der Waals surface area contributed by atoms with Gasteiger partial charge in [0.25, 0.3) is 0 Å². The number of anilines is 1. The summed E-state index contributed by atoms with van der Waals surface area (Å²) in [6, 6.07) is 6.68. The first kappa shape index (κ1) is 21.2. The van der Waals surface area contributed by atoms with Gasteiger partial charge < -0.3 is 9.64 Å². The van der Waals surface area contributed by atoms with Crippen LogP contribution in [0.2, 0.25) is 0 Å². The molecule has 1 fully saturated rings. The van der Waals surface area contributed by atoms with Gasteiger partial charge in [0.05, 0.1) is 5.69 Å². The van der Waals surface area contributed by atoms with Crippen LogP contribution in [-0.4, -0.2) is 50.3 Å². The molecule has 0 bridgehead atoms. The second-order valence-corrected chi connectivity index (χ2v) is 5.33. The molecule has 1 unspecified atom stereocenters. The fourth-order valence-corrected chi connectivity index (χ4v) is 2.28. The molecule has 1 saturated heterocycles. The highest BCUT2D eigenvalue weighted by Gasteiger charge is 2.21. The fourth-order valence-electron chi connectivity index (χ4n) is 2.28. The Bertz CT molecular complexity index is 668. The Hall–Kier alpha value is -2.83. The first-order valence-corrected chi connectivity index (χ1v) is 8.63. The van der Waals surface area contributed by atoms with Crippen LogP contribution in [-0.2, 0) is 14.3 Å². The molecule has 0 aromatic heterocycles. The molecule has 1 aromatic rings. The van der Waals surface area contributed by atoms with E-state index in [-0.39, 0.29) is 18.3 Å². The maximum atomic E-state index is 11.8. The summed E-state index contributed by atoms with van der Waals surface area (Å²) in [7, 11) is 0. The molecule has 7 nitrogen and oxygen atoms in total. The normalized spacial score (nSPS) is 15.0. The van der Waals surface area contributed by atoms with Crippen LogP contribution < -0.4 is 4.90 Å². The molecular formula is C19H26N4O3. The second-order valence-electron chi connectivity index (χ2n) is 5.33. The average molecular weight is 358 g/mol. The number of amides is 1. The van der Waals surface area contributed by atoms with E-state index < -0.39 is 12.0 Å².